The zero-order valence-electron chi connectivity index (χ0n) is 17.5. The first-order chi connectivity index (χ1) is 15.1. The molecule has 162 valence electrons. The quantitative estimate of drug-likeness (QED) is 0.569. The molecule has 0 aliphatic carbocycles. The lowest BCUT2D eigenvalue weighted by atomic mass is 10.0. The number of nitrogens with one attached hydrogen (secondary N) is 1. The van der Waals surface area contributed by atoms with Crippen LogP contribution in [-0.4, -0.2) is 47.8 Å². The van der Waals surface area contributed by atoms with E-state index in [0.717, 1.165) is 35.7 Å². The Morgan fingerprint density at radius 1 is 1.23 bits per heavy atom. The Morgan fingerprint density at radius 3 is 2.81 bits per heavy atom. The van der Waals surface area contributed by atoms with Crippen LogP contribution in [0.1, 0.15) is 29.3 Å². The lowest BCUT2D eigenvalue weighted by Crippen LogP contribution is -2.29. The Morgan fingerprint density at radius 2 is 2.03 bits per heavy atom. The van der Waals surface area contributed by atoms with Crippen molar-refractivity contribution in [1.29, 1.82) is 0 Å². The number of methoxy groups -OCH3 is 1. The summed E-state index contributed by atoms with van der Waals surface area (Å²) in [5.41, 5.74) is 3.02. The van der Waals surface area contributed by atoms with Crippen LogP contribution in [0.3, 0.4) is 0 Å². The number of rotatable bonds is 8. The third-order valence-corrected chi connectivity index (χ3v) is 5.90. The molecule has 3 aromatic rings. The molecule has 0 unspecified atom stereocenters. The van der Waals surface area contributed by atoms with Crippen LogP contribution in [0.5, 0.6) is 11.5 Å². The predicted octanol–water partition coefficient (Wildman–Crippen LogP) is 4.25. The van der Waals surface area contributed by atoms with Gasteiger partial charge < -0.3 is 14.4 Å². The molecule has 4 rings (SSSR count). The molecule has 0 saturated carbocycles. The van der Waals surface area contributed by atoms with Gasteiger partial charge in [0.25, 0.3) is 0 Å². The number of carbonyl (C=O) groups excluding carboxylic acids is 1. The molecule has 0 spiro atoms. The number of hydrogen-bond acceptors (Lipinski definition) is 4. The van der Waals surface area contributed by atoms with Crippen LogP contribution in [-0.2, 0) is 17.6 Å². The van der Waals surface area contributed by atoms with Crippen molar-refractivity contribution < 1.29 is 14.3 Å². The van der Waals surface area contributed by atoms with E-state index in [4.69, 9.17) is 21.1 Å². The summed E-state index contributed by atoms with van der Waals surface area (Å²) >= 11 is 6.12. The van der Waals surface area contributed by atoms with Crippen molar-refractivity contribution >= 4 is 17.5 Å². The highest BCUT2D eigenvalue weighted by Crippen LogP contribution is 2.27. The first-order valence-electron chi connectivity index (χ1n) is 10.4. The van der Waals surface area contributed by atoms with Crippen LogP contribution in [0.15, 0.2) is 54.6 Å². The fraction of sp³-hybridized carbons (Fsp3) is 0.333. The van der Waals surface area contributed by atoms with Gasteiger partial charge in [0.15, 0.2) is 0 Å². The Kier molecular flexibility index (Phi) is 6.77. The number of hydrogen-bond donors (Lipinski definition) is 1. The molecule has 1 aromatic heterocycles. The maximum absolute atomic E-state index is 12.7. The number of nitrogens with zero attached hydrogens (tertiary/aromatic N) is 2. The minimum absolute atomic E-state index is 0.150. The largest absolute Gasteiger partial charge is 0.497 e. The minimum atomic E-state index is 0.150. The highest BCUT2D eigenvalue weighted by molar-refractivity contribution is 6.32. The second kappa shape index (κ2) is 9.88. The maximum Gasteiger partial charge on any atom is 0.227 e. The van der Waals surface area contributed by atoms with Crippen LogP contribution in [0, 0.1) is 0 Å². The zero-order chi connectivity index (χ0) is 21.6. The van der Waals surface area contributed by atoms with Gasteiger partial charge in [0.2, 0.25) is 5.91 Å². The number of likely N-dealkylation sites (tertiary alicyclic amines) is 1. The molecule has 1 aliphatic rings. The van der Waals surface area contributed by atoms with Gasteiger partial charge in [0.1, 0.15) is 11.5 Å². The van der Waals surface area contributed by atoms with Gasteiger partial charge in [-0.15, -0.1) is 0 Å². The Balaban J connectivity index is 1.26. The lowest BCUT2D eigenvalue weighted by Gasteiger charge is -2.16. The second-order valence-corrected chi connectivity index (χ2v) is 8.10. The number of aromatic nitrogens is 2. The highest BCUT2D eigenvalue weighted by Gasteiger charge is 2.28. The molecular weight excluding hydrogens is 414 g/mol. The Labute approximate surface area is 187 Å². The zero-order valence-corrected chi connectivity index (χ0v) is 18.3. The summed E-state index contributed by atoms with van der Waals surface area (Å²) in [5.74, 6) is 1.89. The van der Waals surface area contributed by atoms with E-state index < -0.39 is 0 Å². The van der Waals surface area contributed by atoms with Gasteiger partial charge in [0, 0.05) is 31.1 Å². The summed E-state index contributed by atoms with van der Waals surface area (Å²) < 4.78 is 10.9. The second-order valence-electron chi connectivity index (χ2n) is 7.70. The van der Waals surface area contributed by atoms with E-state index >= 15 is 0 Å². The number of aromatic amines is 1. The smallest absolute Gasteiger partial charge is 0.227 e. The van der Waals surface area contributed by atoms with Crippen LogP contribution in [0.25, 0.3) is 0 Å². The van der Waals surface area contributed by atoms with Crippen LogP contribution >= 0.6 is 11.6 Å². The monoisotopic (exact) mass is 439 g/mol. The molecule has 6 nitrogen and oxygen atoms in total. The Bertz CT molecular complexity index is 1020. The van der Waals surface area contributed by atoms with Crippen molar-refractivity contribution in [2.45, 2.75) is 25.2 Å². The maximum atomic E-state index is 12.7. The van der Waals surface area contributed by atoms with Gasteiger partial charge in [0.05, 0.1) is 30.9 Å². The summed E-state index contributed by atoms with van der Waals surface area (Å²) in [6, 6.07) is 17.2. The van der Waals surface area contributed by atoms with Gasteiger partial charge in [-0.1, -0.05) is 35.9 Å². The molecule has 2 aromatic carbocycles. The van der Waals surface area contributed by atoms with E-state index in [-0.39, 0.29) is 11.8 Å². The van der Waals surface area contributed by atoms with Crippen LogP contribution in [0.2, 0.25) is 5.02 Å². The fourth-order valence-electron chi connectivity index (χ4n) is 3.81. The average Bonchev–Trinajstić information content (AvgIpc) is 3.45. The van der Waals surface area contributed by atoms with Gasteiger partial charge >= 0.3 is 0 Å². The normalized spacial score (nSPS) is 15.8. The molecule has 7 heteroatoms. The fourth-order valence-corrected chi connectivity index (χ4v) is 4.00. The molecule has 2 heterocycles. The summed E-state index contributed by atoms with van der Waals surface area (Å²) in [6.45, 7) is 1.98. The van der Waals surface area contributed by atoms with Gasteiger partial charge in [-0.25, -0.2) is 0 Å². The SMILES string of the molecule is COc1ccc(CC(=O)N2CC[C@@H](c3cc(CCOc4ccccc4Cl)[nH]n3)C2)cc1. The molecule has 1 aliphatic heterocycles. The van der Waals surface area contributed by atoms with Gasteiger partial charge in [-0.2, -0.15) is 5.10 Å². The number of H-pyrrole nitrogens is 1. The van der Waals surface area contributed by atoms with Gasteiger partial charge in [-0.05, 0) is 42.3 Å². The van der Waals surface area contributed by atoms with Crippen molar-refractivity contribution in [3.8, 4) is 11.5 Å². The molecule has 1 fully saturated rings. The first kappa shape index (κ1) is 21.2. The van der Waals surface area contributed by atoms with Crippen molar-refractivity contribution in [3.63, 3.8) is 0 Å². The third-order valence-electron chi connectivity index (χ3n) is 5.59. The number of benzene rings is 2. The number of halogens is 1. The lowest BCUT2D eigenvalue weighted by molar-refractivity contribution is -0.129. The molecule has 0 radical (unpaired) electrons. The van der Waals surface area contributed by atoms with E-state index in [1.165, 1.54) is 0 Å². The van der Waals surface area contributed by atoms with Crippen molar-refractivity contribution in [1.82, 2.24) is 15.1 Å². The van der Waals surface area contributed by atoms with Crippen LogP contribution < -0.4 is 9.47 Å². The molecule has 1 amide bonds. The summed E-state index contributed by atoms with van der Waals surface area (Å²) in [5, 5.41) is 8.19. The number of carbonyl (C=O) groups is 1. The standard InChI is InChI=1S/C24H26ClN3O3/c1-30-20-8-6-17(7-9-20)14-24(29)28-12-10-18(16-28)22-15-19(26-27-22)11-13-31-23-5-3-2-4-21(23)25/h2-9,15,18H,10-14,16H2,1H3,(H,26,27)/t18-/m1/s1. The topological polar surface area (TPSA) is 67.4 Å². The van der Waals surface area contributed by atoms with Crippen molar-refractivity contribution in [3.05, 3.63) is 76.6 Å². The highest BCUT2D eigenvalue weighted by atomic mass is 35.5. The van der Waals surface area contributed by atoms with Crippen molar-refractivity contribution in [2.24, 2.45) is 0 Å². The summed E-state index contributed by atoms with van der Waals surface area (Å²) in [6.07, 6.45) is 2.04. The molecule has 0 bridgehead atoms. The number of ether oxygens (including phenoxy) is 2. The Hall–Kier alpha value is -2.99. The van der Waals surface area contributed by atoms with Crippen molar-refractivity contribution in [2.75, 3.05) is 26.8 Å². The minimum Gasteiger partial charge on any atom is -0.497 e. The molecule has 31 heavy (non-hydrogen) atoms. The molecule has 1 saturated heterocycles. The average molecular weight is 440 g/mol. The summed E-state index contributed by atoms with van der Waals surface area (Å²) in [4.78, 5) is 14.6. The van der Waals surface area contributed by atoms with E-state index in [1.54, 1.807) is 7.11 Å². The number of amides is 1. The van der Waals surface area contributed by atoms with Gasteiger partial charge in [-0.3, -0.25) is 9.89 Å². The van der Waals surface area contributed by atoms with E-state index in [2.05, 4.69) is 16.3 Å². The molecular formula is C24H26ClN3O3. The van der Waals surface area contributed by atoms with E-state index in [9.17, 15) is 4.79 Å². The third kappa shape index (κ3) is 5.39. The first-order valence-corrected chi connectivity index (χ1v) is 10.8. The van der Waals surface area contributed by atoms with Crippen LogP contribution in [0.4, 0.5) is 0 Å². The summed E-state index contributed by atoms with van der Waals surface area (Å²) in [7, 11) is 1.64. The van der Waals surface area contributed by atoms with E-state index in [1.807, 2.05) is 53.4 Å². The molecule has 1 atom stereocenters. The predicted molar refractivity (Wildman–Crippen MR) is 120 cm³/mol. The van der Waals surface area contributed by atoms with E-state index in [0.29, 0.717) is 36.8 Å². The number of para-hydroxylation sites is 1. The molecule has 1 N–H and O–H groups in total.